The van der Waals surface area contributed by atoms with Crippen LogP contribution < -0.4 is 5.32 Å². The molecule has 0 aromatic heterocycles. The van der Waals surface area contributed by atoms with Gasteiger partial charge in [-0.15, -0.1) is 0 Å². The van der Waals surface area contributed by atoms with E-state index in [0.29, 0.717) is 6.54 Å². The molecule has 0 heterocycles. The van der Waals surface area contributed by atoms with Crippen LogP contribution in [0.4, 0.5) is 0 Å². The van der Waals surface area contributed by atoms with Gasteiger partial charge in [0.25, 0.3) is 0 Å². The van der Waals surface area contributed by atoms with Crippen molar-refractivity contribution < 1.29 is 0 Å². The number of hydrogen-bond acceptors (Lipinski definition) is 2. The molecule has 1 aromatic rings. The van der Waals surface area contributed by atoms with Crippen LogP contribution in [0.2, 0.25) is 0 Å². The van der Waals surface area contributed by atoms with Crippen molar-refractivity contribution in [3.05, 3.63) is 35.4 Å². The predicted octanol–water partition coefficient (Wildman–Crippen LogP) is 3.84. The number of hydrogen-bond donors (Lipinski definition) is 1. The van der Waals surface area contributed by atoms with E-state index in [2.05, 4.69) is 49.5 Å². The van der Waals surface area contributed by atoms with Crippen molar-refractivity contribution in [3.63, 3.8) is 0 Å². The van der Waals surface area contributed by atoms with Crippen molar-refractivity contribution in [3.8, 4) is 6.07 Å². The molecule has 2 heteroatoms. The topological polar surface area (TPSA) is 35.8 Å². The maximum absolute atomic E-state index is 8.98. The lowest BCUT2D eigenvalue weighted by atomic mass is 9.95. The molecule has 0 aliphatic heterocycles. The molecule has 0 bridgehead atoms. The Morgan fingerprint density at radius 2 is 1.89 bits per heavy atom. The van der Waals surface area contributed by atoms with Crippen LogP contribution >= 0.6 is 0 Å². The maximum atomic E-state index is 8.98. The van der Waals surface area contributed by atoms with Gasteiger partial charge < -0.3 is 5.32 Å². The Hall–Kier alpha value is -1.33. The molecule has 0 aliphatic carbocycles. The summed E-state index contributed by atoms with van der Waals surface area (Å²) in [5.74, 6) is 0. The third-order valence-electron chi connectivity index (χ3n) is 3.17. The van der Waals surface area contributed by atoms with Crippen LogP contribution in [0.5, 0.6) is 0 Å². The number of nitriles is 1. The van der Waals surface area contributed by atoms with Crippen molar-refractivity contribution in [2.24, 2.45) is 5.41 Å². The smallest absolute Gasteiger partial charge is 0.0697 e. The summed E-state index contributed by atoms with van der Waals surface area (Å²) < 4.78 is 0. The minimum Gasteiger partial charge on any atom is -0.309 e. The van der Waals surface area contributed by atoms with Gasteiger partial charge in [-0.25, -0.2) is 0 Å². The SMILES string of the molecule is CCCc1ccc(C(C)NCC(C)(C)C#N)cc1. The summed E-state index contributed by atoms with van der Waals surface area (Å²) in [6, 6.07) is 11.4. The van der Waals surface area contributed by atoms with Crippen LogP contribution in [0.15, 0.2) is 24.3 Å². The fourth-order valence-electron chi connectivity index (χ4n) is 1.83. The number of nitrogens with one attached hydrogen (secondary N) is 1. The number of nitrogens with zero attached hydrogens (tertiary/aromatic N) is 1. The molecule has 98 valence electrons. The average molecular weight is 244 g/mol. The van der Waals surface area contributed by atoms with Crippen LogP contribution in [0.3, 0.4) is 0 Å². The Morgan fingerprint density at radius 1 is 1.28 bits per heavy atom. The molecule has 0 aliphatic rings. The molecule has 1 rings (SSSR count). The highest BCUT2D eigenvalue weighted by Gasteiger charge is 2.17. The van der Waals surface area contributed by atoms with Crippen molar-refractivity contribution in [1.82, 2.24) is 5.32 Å². The Bertz CT molecular complexity index is 398. The molecule has 1 aromatic carbocycles. The van der Waals surface area contributed by atoms with Gasteiger partial charge in [-0.3, -0.25) is 0 Å². The van der Waals surface area contributed by atoms with Gasteiger partial charge in [0.2, 0.25) is 0 Å². The second kappa shape index (κ2) is 6.56. The largest absolute Gasteiger partial charge is 0.309 e. The first kappa shape index (κ1) is 14.7. The molecule has 1 atom stereocenters. The fourth-order valence-corrected chi connectivity index (χ4v) is 1.83. The summed E-state index contributed by atoms with van der Waals surface area (Å²) in [6.45, 7) is 8.96. The van der Waals surface area contributed by atoms with E-state index in [1.165, 1.54) is 17.5 Å². The third kappa shape index (κ3) is 4.50. The second-order valence-electron chi connectivity index (χ2n) is 5.59. The lowest BCUT2D eigenvalue weighted by Gasteiger charge is -2.21. The van der Waals surface area contributed by atoms with E-state index < -0.39 is 0 Å². The Balaban J connectivity index is 2.57. The first-order valence-electron chi connectivity index (χ1n) is 6.72. The van der Waals surface area contributed by atoms with Crippen molar-refractivity contribution in [1.29, 1.82) is 5.26 Å². The van der Waals surface area contributed by atoms with Crippen molar-refractivity contribution in [2.45, 2.75) is 46.6 Å². The Kier molecular flexibility index (Phi) is 5.37. The van der Waals surface area contributed by atoms with Crippen LogP contribution in [0.25, 0.3) is 0 Å². The van der Waals surface area contributed by atoms with Gasteiger partial charge in [0.05, 0.1) is 11.5 Å². The maximum Gasteiger partial charge on any atom is 0.0697 e. The summed E-state index contributed by atoms with van der Waals surface area (Å²) in [7, 11) is 0. The second-order valence-corrected chi connectivity index (χ2v) is 5.59. The molecule has 0 spiro atoms. The van der Waals surface area contributed by atoms with Gasteiger partial charge in [-0.2, -0.15) is 5.26 Å². The van der Waals surface area contributed by atoms with Gasteiger partial charge in [0, 0.05) is 12.6 Å². The Morgan fingerprint density at radius 3 is 2.39 bits per heavy atom. The zero-order valence-electron chi connectivity index (χ0n) is 12.0. The fraction of sp³-hybridized carbons (Fsp3) is 0.562. The molecular weight excluding hydrogens is 220 g/mol. The lowest BCUT2D eigenvalue weighted by Crippen LogP contribution is -2.30. The third-order valence-corrected chi connectivity index (χ3v) is 3.17. The number of rotatable bonds is 6. The highest BCUT2D eigenvalue weighted by Crippen LogP contribution is 2.17. The van der Waals surface area contributed by atoms with E-state index in [-0.39, 0.29) is 11.5 Å². The summed E-state index contributed by atoms with van der Waals surface area (Å²) in [5.41, 5.74) is 2.37. The zero-order chi connectivity index (χ0) is 13.6. The summed E-state index contributed by atoms with van der Waals surface area (Å²) >= 11 is 0. The van der Waals surface area contributed by atoms with Gasteiger partial charge in [-0.1, -0.05) is 37.6 Å². The number of aryl methyl sites for hydroxylation is 1. The average Bonchev–Trinajstić information content (AvgIpc) is 2.37. The lowest BCUT2D eigenvalue weighted by molar-refractivity contribution is 0.415. The van der Waals surface area contributed by atoms with E-state index in [1.807, 2.05) is 13.8 Å². The quantitative estimate of drug-likeness (QED) is 0.825. The van der Waals surface area contributed by atoms with E-state index in [0.717, 1.165) is 6.42 Å². The van der Waals surface area contributed by atoms with Gasteiger partial charge in [0.15, 0.2) is 0 Å². The van der Waals surface area contributed by atoms with Gasteiger partial charge >= 0.3 is 0 Å². The van der Waals surface area contributed by atoms with E-state index in [1.54, 1.807) is 0 Å². The van der Waals surface area contributed by atoms with Crippen LogP contribution in [-0.4, -0.2) is 6.54 Å². The van der Waals surface area contributed by atoms with Crippen LogP contribution in [-0.2, 0) is 6.42 Å². The number of benzene rings is 1. The molecule has 0 fully saturated rings. The van der Waals surface area contributed by atoms with E-state index in [9.17, 15) is 0 Å². The molecule has 1 unspecified atom stereocenters. The minimum atomic E-state index is -0.309. The highest BCUT2D eigenvalue weighted by atomic mass is 14.9. The molecule has 0 saturated heterocycles. The first-order chi connectivity index (χ1) is 8.48. The van der Waals surface area contributed by atoms with Crippen LogP contribution in [0, 0.1) is 16.7 Å². The molecule has 0 saturated carbocycles. The molecule has 18 heavy (non-hydrogen) atoms. The van der Waals surface area contributed by atoms with Crippen LogP contribution in [0.1, 0.15) is 51.3 Å². The molecule has 0 radical (unpaired) electrons. The highest BCUT2D eigenvalue weighted by molar-refractivity contribution is 5.24. The van der Waals surface area contributed by atoms with Gasteiger partial charge in [-0.05, 0) is 38.3 Å². The minimum absolute atomic E-state index is 0.285. The molecule has 2 nitrogen and oxygen atoms in total. The normalized spacial score (nSPS) is 13.1. The molecule has 1 N–H and O–H groups in total. The van der Waals surface area contributed by atoms with E-state index >= 15 is 0 Å². The van der Waals surface area contributed by atoms with Crippen molar-refractivity contribution in [2.75, 3.05) is 6.54 Å². The molecular formula is C16H24N2. The summed E-state index contributed by atoms with van der Waals surface area (Å²) in [6.07, 6.45) is 2.33. The Labute approximate surface area is 111 Å². The van der Waals surface area contributed by atoms with Crippen molar-refractivity contribution >= 4 is 0 Å². The summed E-state index contributed by atoms with van der Waals surface area (Å²) in [4.78, 5) is 0. The van der Waals surface area contributed by atoms with E-state index in [4.69, 9.17) is 5.26 Å². The standard InChI is InChI=1S/C16H24N2/c1-5-6-14-7-9-15(10-8-14)13(2)18-12-16(3,4)11-17/h7-10,13,18H,5-6,12H2,1-4H3. The molecule has 0 amide bonds. The monoisotopic (exact) mass is 244 g/mol. The van der Waals surface area contributed by atoms with Gasteiger partial charge in [0.1, 0.15) is 0 Å². The predicted molar refractivity (Wildman–Crippen MR) is 76.2 cm³/mol. The first-order valence-corrected chi connectivity index (χ1v) is 6.72. The summed E-state index contributed by atoms with van der Waals surface area (Å²) in [5, 5.41) is 12.4. The zero-order valence-corrected chi connectivity index (χ0v) is 12.0.